The van der Waals surface area contributed by atoms with Gasteiger partial charge in [0.15, 0.2) is 0 Å². The van der Waals surface area contributed by atoms with Crippen molar-refractivity contribution in [2.45, 2.75) is 24.7 Å². The third kappa shape index (κ3) is 5.11. The Bertz CT molecular complexity index is 4420. The lowest BCUT2D eigenvalue weighted by Crippen LogP contribution is -2.26. The molecule has 0 aliphatic heterocycles. The maximum atomic E-state index is 2.55. The Labute approximate surface area is 419 Å². The standard InChI is InChI=1S/C72H46/c1-71(2)62-28-14-11-19-51(62)54-38-37-47(41-65(54)71)68-58-25-8-6-23-56(58)67(57-24-7-9-26-59(57)68)44-33-31-43(32-34-44)45-35-36-46-40-61-66(42-48(46)39-45)72(63-29-15-12-20-52(63)53-21-13-16-30-64(53)72)70-60-27-10-4-18-50(60)49-17-3-5-22-55(49)69(61)70/h3-42H,1-2H3. The zero-order valence-electron chi connectivity index (χ0n) is 40.1. The predicted octanol–water partition coefficient (Wildman–Crippen LogP) is 19.1. The molecule has 0 heterocycles. The maximum Gasteiger partial charge on any atom is 0.0731 e. The first-order chi connectivity index (χ1) is 35.5. The summed E-state index contributed by atoms with van der Waals surface area (Å²) < 4.78 is 0. The van der Waals surface area contributed by atoms with E-state index in [2.05, 4.69) is 257 Å². The molecule has 0 unspecified atom stereocenters. The van der Waals surface area contributed by atoms with Crippen LogP contribution in [0, 0.1) is 0 Å². The van der Waals surface area contributed by atoms with Crippen molar-refractivity contribution in [3.05, 3.63) is 276 Å². The minimum Gasteiger partial charge on any atom is -0.0619 e. The van der Waals surface area contributed by atoms with Crippen LogP contribution in [0.2, 0.25) is 0 Å². The summed E-state index contributed by atoms with van der Waals surface area (Å²) in [5.41, 5.74) is 23.3. The van der Waals surface area contributed by atoms with Crippen molar-refractivity contribution in [3.8, 4) is 66.8 Å². The van der Waals surface area contributed by atoms with Crippen molar-refractivity contribution >= 4 is 53.9 Å². The van der Waals surface area contributed by atoms with Gasteiger partial charge in [-0.05, 0) is 178 Å². The van der Waals surface area contributed by atoms with E-state index >= 15 is 0 Å². The highest BCUT2D eigenvalue weighted by atomic mass is 14.5. The second kappa shape index (κ2) is 14.4. The van der Waals surface area contributed by atoms with Gasteiger partial charge in [0.25, 0.3) is 0 Å². The zero-order chi connectivity index (χ0) is 47.5. The number of rotatable bonds is 3. The largest absolute Gasteiger partial charge is 0.0731 e. The summed E-state index contributed by atoms with van der Waals surface area (Å²) in [6.07, 6.45) is 0. The van der Waals surface area contributed by atoms with E-state index in [0.29, 0.717) is 0 Å². The molecule has 13 aromatic carbocycles. The number of fused-ring (bicyclic) bond motifs is 21. The molecule has 0 fully saturated rings. The Hall–Kier alpha value is -8.84. The molecule has 334 valence electrons. The van der Waals surface area contributed by atoms with E-state index in [1.54, 1.807) is 0 Å². The quantitative estimate of drug-likeness (QED) is 0.122. The van der Waals surface area contributed by atoms with Crippen LogP contribution in [0.15, 0.2) is 243 Å². The van der Waals surface area contributed by atoms with Gasteiger partial charge >= 0.3 is 0 Å². The Morgan fingerprint density at radius 3 is 1.28 bits per heavy atom. The van der Waals surface area contributed by atoms with Gasteiger partial charge in [0.1, 0.15) is 0 Å². The second-order valence-electron chi connectivity index (χ2n) is 21.0. The average molecular weight is 911 g/mol. The third-order valence-electron chi connectivity index (χ3n) is 17.2. The highest BCUT2D eigenvalue weighted by Crippen LogP contribution is 2.66. The molecule has 0 atom stereocenters. The van der Waals surface area contributed by atoms with Gasteiger partial charge in [-0.3, -0.25) is 0 Å². The Kier molecular flexibility index (Phi) is 7.98. The molecule has 0 heteroatoms. The molecule has 0 radical (unpaired) electrons. The van der Waals surface area contributed by atoms with E-state index in [1.807, 2.05) is 0 Å². The summed E-state index contributed by atoms with van der Waals surface area (Å²) in [7, 11) is 0. The van der Waals surface area contributed by atoms with Gasteiger partial charge in [0.2, 0.25) is 0 Å². The SMILES string of the molecule is CC1(C)c2ccccc2-c2ccc(-c3c4ccccc4c(-c4ccc(-c5ccc6cc7c(cc6c5)C5(c6ccccc6-c6ccccc65)c5c-7c6ccccc6c6ccccc56)cc4)c4ccccc34)cc21. The lowest BCUT2D eigenvalue weighted by Gasteiger charge is -2.32. The van der Waals surface area contributed by atoms with Crippen LogP contribution in [0.1, 0.15) is 47.2 Å². The van der Waals surface area contributed by atoms with E-state index in [9.17, 15) is 0 Å². The van der Waals surface area contributed by atoms with Gasteiger partial charge in [0.05, 0.1) is 5.41 Å². The van der Waals surface area contributed by atoms with Crippen molar-refractivity contribution in [3.63, 3.8) is 0 Å². The zero-order valence-corrected chi connectivity index (χ0v) is 40.1. The minimum atomic E-state index is -0.475. The molecule has 13 aromatic rings. The molecule has 0 aromatic heterocycles. The molecular formula is C72H46. The van der Waals surface area contributed by atoms with Crippen molar-refractivity contribution in [2.24, 2.45) is 0 Å². The minimum absolute atomic E-state index is 0.0760. The highest BCUT2D eigenvalue weighted by molar-refractivity contribution is 6.23. The highest BCUT2D eigenvalue weighted by Gasteiger charge is 2.53. The van der Waals surface area contributed by atoms with Crippen LogP contribution in [-0.2, 0) is 10.8 Å². The lowest BCUT2D eigenvalue weighted by molar-refractivity contribution is 0.660. The molecule has 0 N–H and O–H groups in total. The Morgan fingerprint density at radius 2 is 0.667 bits per heavy atom. The van der Waals surface area contributed by atoms with Crippen LogP contribution in [0.25, 0.3) is 121 Å². The first-order valence-corrected chi connectivity index (χ1v) is 25.5. The maximum absolute atomic E-state index is 2.55. The molecule has 3 aliphatic carbocycles. The van der Waals surface area contributed by atoms with Gasteiger partial charge in [-0.2, -0.15) is 0 Å². The smallest absolute Gasteiger partial charge is 0.0619 e. The van der Waals surface area contributed by atoms with Gasteiger partial charge < -0.3 is 0 Å². The summed E-state index contributed by atoms with van der Waals surface area (Å²) in [4.78, 5) is 0. The van der Waals surface area contributed by atoms with Crippen molar-refractivity contribution in [2.75, 3.05) is 0 Å². The third-order valence-corrected chi connectivity index (χ3v) is 17.2. The molecule has 3 aliphatic rings. The Morgan fingerprint density at radius 1 is 0.236 bits per heavy atom. The van der Waals surface area contributed by atoms with Gasteiger partial charge in [-0.15, -0.1) is 0 Å². The molecule has 72 heavy (non-hydrogen) atoms. The van der Waals surface area contributed by atoms with E-state index in [0.717, 1.165) is 0 Å². The topological polar surface area (TPSA) is 0 Å². The summed E-state index contributed by atoms with van der Waals surface area (Å²) in [5, 5.41) is 12.9. The first kappa shape index (κ1) is 39.9. The first-order valence-electron chi connectivity index (χ1n) is 25.5. The monoisotopic (exact) mass is 910 g/mol. The normalized spacial score (nSPS) is 14.2. The van der Waals surface area contributed by atoms with Crippen molar-refractivity contribution in [1.29, 1.82) is 0 Å². The van der Waals surface area contributed by atoms with Crippen LogP contribution < -0.4 is 0 Å². The predicted molar refractivity (Wildman–Crippen MR) is 304 cm³/mol. The molecule has 0 nitrogen and oxygen atoms in total. The van der Waals surface area contributed by atoms with E-state index in [4.69, 9.17) is 0 Å². The fourth-order valence-electron chi connectivity index (χ4n) is 14.2. The fraction of sp³-hybridized carbons (Fsp3) is 0.0556. The molecular weight excluding hydrogens is 865 g/mol. The number of hydrogen-bond acceptors (Lipinski definition) is 0. The lowest BCUT2D eigenvalue weighted by atomic mass is 9.69. The van der Waals surface area contributed by atoms with E-state index in [-0.39, 0.29) is 5.41 Å². The van der Waals surface area contributed by atoms with Crippen LogP contribution in [0.5, 0.6) is 0 Å². The Balaban J connectivity index is 0.857. The summed E-state index contributed by atoms with van der Waals surface area (Å²) in [6, 6.07) is 92.3. The van der Waals surface area contributed by atoms with Crippen LogP contribution in [0.3, 0.4) is 0 Å². The van der Waals surface area contributed by atoms with E-state index in [1.165, 1.54) is 154 Å². The van der Waals surface area contributed by atoms with Crippen LogP contribution in [0.4, 0.5) is 0 Å². The van der Waals surface area contributed by atoms with Crippen LogP contribution >= 0.6 is 0 Å². The molecule has 1 spiro atoms. The molecule has 0 amide bonds. The summed E-state index contributed by atoms with van der Waals surface area (Å²) in [6.45, 7) is 4.75. The van der Waals surface area contributed by atoms with Gasteiger partial charge in [-0.1, -0.05) is 232 Å². The van der Waals surface area contributed by atoms with Crippen LogP contribution in [-0.4, -0.2) is 0 Å². The van der Waals surface area contributed by atoms with Crippen molar-refractivity contribution < 1.29 is 0 Å². The number of benzene rings is 13. The van der Waals surface area contributed by atoms with E-state index < -0.39 is 5.41 Å². The molecule has 0 bridgehead atoms. The second-order valence-corrected chi connectivity index (χ2v) is 21.0. The number of hydrogen-bond donors (Lipinski definition) is 0. The summed E-state index contributed by atoms with van der Waals surface area (Å²) >= 11 is 0. The molecule has 0 saturated carbocycles. The van der Waals surface area contributed by atoms with Gasteiger partial charge in [0, 0.05) is 5.41 Å². The summed E-state index contributed by atoms with van der Waals surface area (Å²) in [5.74, 6) is 0. The van der Waals surface area contributed by atoms with Gasteiger partial charge in [-0.25, -0.2) is 0 Å². The molecule has 16 rings (SSSR count). The fourth-order valence-corrected chi connectivity index (χ4v) is 14.2. The van der Waals surface area contributed by atoms with Crippen molar-refractivity contribution in [1.82, 2.24) is 0 Å². The molecule has 0 saturated heterocycles. The average Bonchev–Trinajstić information content (AvgIpc) is 3.99.